The number of carbonyl (C=O) groups is 1. The van der Waals surface area contributed by atoms with E-state index in [9.17, 15) is 26.4 Å². The Morgan fingerprint density at radius 3 is 2.46 bits per heavy atom. The maximum Gasteiger partial charge on any atom is 0.405 e. The highest BCUT2D eigenvalue weighted by Gasteiger charge is 2.41. The predicted molar refractivity (Wildman–Crippen MR) is 82.1 cm³/mol. The Morgan fingerprint density at radius 2 is 1.83 bits per heavy atom. The molecule has 0 spiro atoms. The zero-order chi connectivity index (χ0) is 17.7. The number of nitrogens with zero attached hydrogens (tertiary/aromatic N) is 1. The molecule has 1 atom stereocenters. The van der Waals surface area contributed by atoms with E-state index < -0.39 is 34.7 Å². The predicted octanol–water partition coefficient (Wildman–Crippen LogP) is 2.42. The van der Waals surface area contributed by atoms with Crippen molar-refractivity contribution in [3.63, 3.8) is 0 Å². The summed E-state index contributed by atoms with van der Waals surface area (Å²) in [5.41, 5.74) is 0.290. The number of sulfonamides is 1. The van der Waals surface area contributed by atoms with Gasteiger partial charge in [0, 0.05) is 5.39 Å². The number of halogens is 3. The Kier molecular flexibility index (Phi) is 3.71. The van der Waals surface area contributed by atoms with E-state index in [1.54, 1.807) is 29.6 Å². The molecule has 0 fully saturated rings. The van der Waals surface area contributed by atoms with Crippen molar-refractivity contribution >= 4 is 32.4 Å². The highest BCUT2D eigenvalue weighted by atomic mass is 32.2. The number of anilines is 1. The normalized spacial score (nSPS) is 17.1. The summed E-state index contributed by atoms with van der Waals surface area (Å²) in [5, 5.41) is 2.87. The first-order chi connectivity index (χ1) is 11.1. The number of carbonyl (C=O) groups excluding carboxylic acids is 1. The maximum absolute atomic E-state index is 12.7. The molecule has 0 aliphatic carbocycles. The summed E-state index contributed by atoms with van der Waals surface area (Å²) in [6.07, 6.45) is -4.57. The molecule has 24 heavy (non-hydrogen) atoms. The zero-order valence-electron chi connectivity index (χ0n) is 12.5. The van der Waals surface area contributed by atoms with E-state index in [1.165, 1.54) is 19.1 Å². The molecular weight excluding hydrogens is 345 g/mol. The first-order valence-corrected chi connectivity index (χ1v) is 8.47. The van der Waals surface area contributed by atoms with Gasteiger partial charge in [-0.05, 0) is 24.4 Å². The minimum absolute atomic E-state index is 0.0473. The molecule has 9 heteroatoms. The molecule has 1 amide bonds. The molecule has 1 aliphatic rings. The van der Waals surface area contributed by atoms with E-state index in [2.05, 4.69) is 0 Å². The van der Waals surface area contributed by atoms with Gasteiger partial charge >= 0.3 is 6.18 Å². The van der Waals surface area contributed by atoms with Gasteiger partial charge in [-0.1, -0.05) is 24.3 Å². The van der Waals surface area contributed by atoms with Crippen LogP contribution in [0.1, 0.15) is 6.92 Å². The van der Waals surface area contributed by atoms with Crippen molar-refractivity contribution in [1.29, 1.82) is 0 Å². The molecule has 1 heterocycles. The molecule has 1 unspecified atom stereocenters. The van der Waals surface area contributed by atoms with Crippen LogP contribution >= 0.6 is 0 Å². The van der Waals surface area contributed by atoms with Crippen molar-refractivity contribution in [3.8, 4) is 0 Å². The molecule has 1 aliphatic heterocycles. The molecule has 0 aromatic heterocycles. The Balaban J connectivity index is 2.01. The lowest BCUT2D eigenvalue weighted by Gasteiger charge is -2.25. The molecule has 5 nitrogen and oxygen atoms in total. The van der Waals surface area contributed by atoms with Gasteiger partial charge in [-0.3, -0.25) is 9.10 Å². The van der Waals surface area contributed by atoms with Crippen LogP contribution in [-0.2, 0) is 14.8 Å². The van der Waals surface area contributed by atoms with Crippen LogP contribution in [0.25, 0.3) is 10.8 Å². The fraction of sp³-hybridized carbons (Fsp3) is 0.267. The van der Waals surface area contributed by atoms with Gasteiger partial charge < -0.3 is 5.32 Å². The molecule has 0 saturated heterocycles. The molecule has 128 valence electrons. The number of amides is 1. The Bertz CT molecular complexity index is 920. The lowest BCUT2D eigenvalue weighted by molar-refractivity contribution is -0.138. The number of hydrogen-bond donors (Lipinski definition) is 1. The summed E-state index contributed by atoms with van der Waals surface area (Å²) < 4.78 is 63.1. The lowest BCUT2D eigenvalue weighted by atomic mass is 10.1. The summed E-state index contributed by atoms with van der Waals surface area (Å²) in [5.74, 6) is -1.01. The van der Waals surface area contributed by atoms with Gasteiger partial charge in [-0.15, -0.1) is 0 Å². The van der Waals surface area contributed by atoms with Crippen LogP contribution < -0.4 is 9.62 Å². The number of alkyl halides is 3. The molecule has 0 radical (unpaired) electrons. The summed E-state index contributed by atoms with van der Waals surface area (Å²) in [6, 6.07) is 8.32. The third-order valence-corrected chi connectivity index (χ3v) is 5.74. The van der Waals surface area contributed by atoms with E-state index in [4.69, 9.17) is 0 Å². The fourth-order valence-electron chi connectivity index (χ4n) is 2.78. The molecule has 0 saturated carbocycles. The zero-order valence-corrected chi connectivity index (χ0v) is 13.3. The lowest BCUT2D eigenvalue weighted by Crippen LogP contribution is -2.48. The minimum Gasteiger partial charge on any atom is -0.345 e. The number of hydrogen-bond acceptors (Lipinski definition) is 3. The minimum atomic E-state index is -4.57. The van der Waals surface area contributed by atoms with Crippen LogP contribution in [0.2, 0.25) is 0 Å². The van der Waals surface area contributed by atoms with Gasteiger partial charge in [0.1, 0.15) is 12.6 Å². The van der Waals surface area contributed by atoms with E-state index in [0.717, 1.165) is 4.31 Å². The number of benzene rings is 2. The van der Waals surface area contributed by atoms with Crippen LogP contribution in [0.15, 0.2) is 41.3 Å². The van der Waals surface area contributed by atoms with Gasteiger partial charge in [-0.25, -0.2) is 8.42 Å². The van der Waals surface area contributed by atoms with E-state index in [0.29, 0.717) is 10.8 Å². The molecule has 3 rings (SSSR count). The van der Waals surface area contributed by atoms with Gasteiger partial charge in [0.2, 0.25) is 5.91 Å². The standard InChI is InChI=1S/C15H13F3N2O3S/c1-9(14(21)19-8-15(16,17)18)20-11-6-2-4-10-5-3-7-12(13(10)11)24(20,22)23/h2-7,9H,8H2,1H3,(H,19,21). The maximum atomic E-state index is 12.7. The van der Waals surface area contributed by atoms with Crippen molar-refractivity contribution in [2.75, 3.05) is 10.8 Å². The molecule has 0 bridgehead atoms. The van der Waals surface area contributed by atoms with Crippen molar-refractivity contribution in [1.82, 2.24) is 5.32 Å². The van der Waals surface area contributed by atoms with E-state index >= 15 is 0 Å². The third kappa shape index (κ3) is 2.58. The fourth-order valence-corrected chi connectivity index (χ4v) is 4.65. The van der Waals surface area contributed by atoms with Crippen molar-refractivity contribution < 1.29 is 26.4 Å². The highest BCUT2D eigenvalue weighted by molar-refractivity contribution is 7.93. The summed E-state index contributed by atoms with van der Waals surface area (Å²) >= 11 is 0. The molecule has 2 aromatic carbocycles. The van der Waals surface area contributed by atoms with Gasteiger partial charge in [0.15, 0.2) is 0 Å². The number of rotatable bonds is 3. The summed E-state index contributed by atoms with van der Waals surface area (Å²) in [7, 11) is -4.01. The highest BCUT2D eigenvalue weighted by Crippen LogP contribution is 2.43. The summed E-state index contributed by atoms with van der Waals surface area (Å²) in [4.78, 5) is 12.1. The number of nitrogens with one attached hydrogen (secondary N) is 1. The Morgan fingerprint density at radius 1 is 1.21 bits per heavy atom. The van der Waals surface area contributed by atoms with Gasteiger partial charge in [0.05, 0.1) is 10.6 Å². The first-order valence-electron chi connectivity index (χ1n) is 7.03. The Hall–Kier alpha value is -2.29. The van der Waals surface area contributed by atoms with E-state index in [-0.39, 0.29) is 10.6 Å². The molecule has 2 aromatic rings. The van der Waals surface area contributed by atoms with Gasteiger partial charge in [-0.2, -0.15) is 13.2 Å². The smallest absolute Gasteiger partial charge is 0.345 e. The SMILES string of the molecule is CC(C(=O)NCC(F)(F)F)N1c2cccc3cccc(c23)S1(=O)=O. The van der Waals surface area contributed by atoms with Crippen molar-refractivity contribution in [2.45, 2.75) is 24.0 Å². The van der Waals surface area contributed by atoms with Crippen LogP contribution in [0.3, 0.4) is 0 Å². The van der Waals surface area contributed by atoms with Gasteiger partial charge in [0.25, 0.3) is 10.0 Å². The Labute approximate surface area is 136 Å². The second-order valence-corrected chi connectivity index (χ2v) is 7.22. The second kappa shape index (κ2) is 5.37. The van der Waals surface area contributed by atoms with Crippen LogP contribution in [-0.4, -0.2) is 33.1 Å². The van der Waals surface area contributed by atoms with E-state index in [1.807, 2.05) is 0 Å². The first kappa shape index (κ1) is 16.6. The summed E-state index contributed by atoms with van der Waals surface area (Å²) in [6.45, 7) is -0.255. The van der Waals surface area contributed by atoms with Crippen molar-refractivity contribution in [2.24, 2.45) is 0 Å². The van der Waals surface area contributed by atoms with Crippen LogP contribution in [0, 0.1) is 0 Å². The molecular formula is C15H13F3N2O3S. The van der Waals surface area contributed by atoms with Crippen LogP contribution in [0.5, 0.6) is 0 Å². The largest absolute Gasteiger partial charge is 0.405 e. The van der Waals surface area contributed by atoms with Crippen molar-refractivity contribution in [3.05, 3.63) is 36.4 Å². The average molecular weight is 358 g/mol. The quantitative estimate of drug-likeness (QED) is 0.916. The molecule has 1 N–H and O–H groups in total. The topological polar surface area (TPSA) is 66.5 Å². The van der Waals surface area contributed by atoms with Crippen LogP contribution in [0.4, 0.5) is 18.9 Å². The monoisotopic (exact) mass is 358 g/mol. The third-order valence-electron chi connectivity index (χ3n) is 3.81. The average Bonchev–Trinajstić information content (AvgIpc) is 2.73. The second-order valence-electron chi connectivity index (χ2n) is 5.44.